The number of hydrogen-bond acceptors (Lipinski definition) is 3. The summed E-state index contributed by atoms with van der Waals surface area (Å²) in [5, 5.41) is 8.55. The highest BCUT2D eigenvalue weighted by atomic mass is 19.1. The maximum absolute atomic E-state index is 12.8. The van der Waals surface area contributed by atoms with E-state index in [0.717, 1.165) is 6.20 Å². The van der Waals surface area contributed by atoms with E-state index in [0.29, 0.717) is 17.9 Å². The van der Waals surface area contributed by atoms with Gasteiger partial charge in [0.05, 0.1) is 13.3 Å². The van der Waals surface area contributed by atoms with Crippen molar-refractivity contribution in [2.45, 2.75) is 6.42 Å². The van der Waals surface area contributed by atoms with Gasteiger partial charge >= 0.3 is 0 Å². The van der Waals surface area contributed by atoms with Gasteiger partial charge in [0.1, 0.15) is 5.82 Å². The Labute approximate surface area is 81.9 Å². The van der Waals surface area contributed by atoms with Crippen LogP contribution in [0.2, 0.25) is 0 Å². The van der Waals surface area contributed by atoms with Gasteiger partial charge in [-0.05, 0) is 12.5 Å². The lowest BCUT2D eigenvalue weighted by Crippen LogP contribution is -1.92. The normalized spacial score (nSPS) is 10.8. The van der Waals surface area contributed by atoms with Crippen molar-refractivity contribution < 1.29 is 14.2 Å². The first-order valence-electron chi connectivity index (χ1n) is 4.25. The van der Waals surface area contributed by atoms with Gasteiger partial charge in [0, 0.05) is 12.2 Å². The van der Waals surface area contributed by atoms with E-state index in [2.05, 4.69) is 4.98 Å². The lowest BCUT2D eigenvalue weighted by atomic mass is 10.2. The SMILES string of the molecule is COc1ncc(F)cc1C=CCCO. The van der Waals surface area contributed by atoms with Crippen LogP contribution in [0.4, 0.5) is 4.39 Å². The molecule has 0 aliphatic rings. The zero-order valence-corrected chi connectivity index (χ0v) is 7.90. The molecule has 1 heterocycles. The number of ether oxygens (including phenoxy) is 1. The average Bonchev–Trinajstić information content (AvgIpc) is 2.19. The van der Waals surface area contributed by atoms with Gasteiger partial charge in [-0.1, -0.05) is 12.2 Å². The van der Waals surface area contributed by atoms with Crippen molar-refractivity contribution in [3.05, 3.63) is 29.7 Å². The van der Waals surface area contributed by atoms with E-state index in [1.807, 2.05) is 0 Å². The number of methoxy groups -OCH3 is 1. The van der Waals surface area contributed by atoms with Crippen molar-refractivity contribution in [2.75, 3.05) is 13.7 Å². The van der Waals surface area contributed by atoms with Gasteiger partial charge in [-0.3, -0.25) is 0 Å². The van der Waals surface area contributed by atoms with Crippen molar-refractivity contribution >= 4 is 6.08 Å². The molecule has 0 saturated heterocycles. The Morgan fingerprint density at radius 3 is 3.07 bits per heavy atom. The third kappa shape index (κ3) is 2.81. The van der Waals surface area contributed by atoms with Gasteiger partial charge in [0.2, 0.25) is 5.88 Å². The summed E-state index contributed by atoms with van der Waals surface area (Å²) in [5.74, 6) is -0.0324. The van der Waals surface area contributed by atoms with Crippen LogP contribution in [-0.2, 0) is 0 Å². The van der Waals surface area contributed by atoms with Gasteiger partial charge in [-0.15, -0.1) is 0 Å². The minimum Gasteiger partial charge on any atom is -0.481 e. The molecule has 0 amide bonds. The van der Waals surface area contributed by atoms with E-state index in [-0.39, 0.29) is 6.61 Å². The Kier molecular flexibility index (Phi) is 4.07. The summed E-state index contributed by atoms with van der Waals surface area (Å²) in [7, 11) is 1.48. The molecule has 0 fully saturated rings. The van der Waals surface area contributed by atoms with E-state index in [4.69, 9.17) is 9.84 Å². The molecule has 1 N–H and O–H groups in total. The second-order valence-corrected chi connectivity index (χ2v) is 2.67. The third-order valence-corrected chi connectivity index (χ3v) is 1.63. The standard InChI is InChI=1S/C10H12FNO2/c1-14-10-8(4-2-3-5-13)6-9(11)7-12-10/h2,4,6-7,13H,3,5H2,1H3. The highest BCUT2D eigenvalue weighted by Gasteiger charge is 2.01. The lowest BCUT2D eigenvalue weighted by molar-refractivity contribution is 0.303. The topological polar surface area (TPSA) is 42.4 Å². The number of aromatic nitrogens is 1. The second kappa shape index (κ2) is 5.34. The average molecular weight is 197 g/mol. The number of hydrogen-bond donors (Lipinski definition) is 1. The Morgan fingerprint density at radius 2 is 2.43 bits per heavy atom. The van der Waals surface area contributed by atoms with Gasteiger partial charge in [0.15, 0.2) is 0 Å². The van der Waals surface area contributed by atoms with E-state index in [1.165, 1.54) is 13.2 Å². The zero-order chi connectivity index (χ0) is 10.4. The molecular weight excluding hydrogens is 185 g/mol. The number of rotatable bonds is 4. The number of halogens is 1. The Hall–Kier alpha value is -1.42. The monoisotopic (exact) mass is 197 g/mol. The van der Waals surface area contributed by atoms with Crippen LogP contribution in [0.5, 0.6) is 5.88 Å². The predicted octanol–water partition coefficient (Wildman–Crippen LogP) is 1.62. The van der Waals surface area contributed by atoms with Gasteiger partial charge in [0.25, 0.3) is 0 Å². The Bertz CT molecular complexity index is 326. The van der Waals surface area contributed by atoms with Crippen LogP contribution in [0.15, 0.2) is 18.3 Å². The molecule has 1 aromatic rings. The summed E-state index contributed by atoms with van der Waals surface area (Å²) in [6.45, 7) is 0.0710. The molecule has 0 atom stereocenters. The highest BCUT2D eigenvalue weighted by molar-refractivity contribution is 5.54. The van der Waals surface area contributed by atoms with Crippen molar-refractivity contribution in [1.29, 1.82) is 0 Å². The molecule has 0 saturated carbocycles. The molecule has 1 aromatic heterocycles. The summed E-state index contributed by atoms with van der Waals surface area (Å²) in [5.41, 5.74) is 0.570. The van der Waals surface area contributed by atoms with Gasteiger partial charge in [-0.25, -0.2) is 9.37 Å². The molecule has 0 bridgehead atoms. The van der Waals surface area contributed by atoms with E-state index >= 15 is 0 Å². The van der Waals surface area contributed by atoms with Gasteiger partial charge in [-0.2, -0.15) is 0 Å². The quantitative estimate of drug-likeness (QED) is 0.797. The Morgan fingerprint density at radius 1 is 1.64 bits per heavy atom. The zero-order valence-electron chi connectivity index (χ0n) is 7.90. The van der Waals surface area contributed by atoms with Crippen LogP contribution >= 0.6 is 0 Å². The summed E-state index contributed by atoms with van der Waals surface area (Å²) in [6.07, 6.45) is 5.03. The molecule has 0 aliphatic heterocycles. The van der Waals surface area contributed by atoms with Crippen LogP contribution in [0.3, 0.4) is 0 Å². The second-order valence-electron chi connectivity index (χ2n) is 2.67. The smallest absolute Gasteiger partial charge is 0.220 e. The lowest BCUT2D eigenvalue weighted by Gasteiger charge is -2.02. The van der Waals surface area contributed by atoms with Crippen molar-refractivity contribution in [3.8, 4) is 5.88 Å². The maximum atomic E-state index is 12.8. The van der Waals surface area contributed by atoms with E-state index in [1.54, 1.807) is 12.2 Å². The summed E-state index contributed by atoms with van der Waals surface area (Å²) in [6, 6.07) is 1.33. The summed E-state index contributed by atoms with van der Waals surface area (Å²) < 4.78 is 17.7. The van der Waals surface area contributed by atoms with Crippen molar-refractivity contribution in [3.63, 3.8) is 0 Å². The predicted molar refractivity (Wildman–Crippen MR) is 51.5 cm³/mol. The molecule has 3 nitrogen and oxygen atoms in total. The largest absolute Gasteiger partial charge is 0.481 e. The first kappa shape index (κ1) is 10.7. The summed E-state index contributed by atoms with van der Waals surface area (Å²) in [4.78, 5) is 3.76. The molecule has 0 unspecified atom stereocenters. The maximum Gasteiger partial charge on any atom is 0.220 e. The molecule has 14 heavy (non-hydrogen) atoms. The minimum atomic E-state index is -0.408. The van der Waals surface area contributed by atoms with Crippen LogP contribution < -0.4 is 4.74 Å². The molecule has 0 aromatic carbocycles. The van der Waals surface area contributed by atoms with E-state index < -0.39 is 5.82 Å². The van der Waals surface area contributed by atoms with Crippen molar-refractivity contribution in [2.24, 2.45) is 0 Å². The number of nitrogens with zero attached hydrogens (tertiary/aromatic N) is 1. The molecule has 76 valence electrons. The van der Waals surface area contributed by atoms with Crippen LogP contribution in [0, 0.1) is 5.82 Å². The number of aliphatic hydroxyl groups is 1. The first-order valence-corrected chi connectivity index (χ1v) is 4.25. The van der Waals surface area contributed by atoms with Crippen LogP contribution in [-0.4, -0.2) is 23.8 Å². The molecule has 0 aliphatic carbocycles. The Balaban J connectivity index is 2.87. The molecular formula is C10H12FNO2. The number of aliphatic hydroxyl groups excluding tert-OH is 1. The fraction of sp³-hybridized carbons (Fsp3) is 0.300. The first-order chi connectivity index (χ1) is 6.77. The van der Waals surface area contributed by atoms with Crippen molar-refractivity contribution in [1.82, 2.24) is 4.98 Å². The highest BCUT2D eigenvalue weighted by Crippen LogP contribution is 2.17. The number of pyridine rings is 1. The third-order valence-electron chi connectivity index (χ3n) is 1.63. The fourth-order valence-electron chi connectivity index (χ4n) is 1.02. The van der Waals surface area contributed by atoms with Crippen LogP contribution in [0.25, 0.3) is 6.08 Å². The minimum absolute atomic E-state index is 0.0710. The van der Waals surface area contributed by atoms with Gasteiger partial charge < -0.3 is 9.84 Å². The molecule has 4 heteroatoms. The summed E-state index contributed by atoms with van der Waals surface area (Å²) >= 11 is 0. The molecule has 0 radical (unpaired) electrons. The van der Waals surface area contributed by atoms with Crippen LogP contribution in [0.1, 0.15) is 12.0 Å². The molecule has 1 rings (SSSR count). The van der Waals surface area contributed by atoms with E-state index in [9.17, 15) is 4.39 Å². The fourth-order valence-corrected chi connectivity index (χ4v) is 1.02. The molecule has 0 spiro atoms.